The Hall–Kier alpha value is -1.69. The highest BCUT2D eigenvalue weighted by Crippen LogP contribution is 2.29. The van der Waals surface area contributed by atoms with Crippen molar-refractivity contribution in [3.8, 4) is 0 Å². The highest BCUT2D eigenvalue weighted by atomic mass is 32.2. The summed E-state index contributed by atoms with van der Waals surface area (Å²) >= 11 is 1.53. The second kappa shape index (κ2) is 6.85. The standard InChI is InChI=1S/C15H20N2O3S/c1-21-12-8-4-3-7-11(12)16-14(20)17-15(13(18)19)9-5-2-6-10-15/h3-4,7-8H,2,5-6,9-10H2,1H3,(H,18,19)(H2,16,17,20). The fourth-order valence-corrected chi connectivity index (χ4v) is 3.22. The lowest BCUT2D eigenvalue weighted by molar-refractivity contribution is -0.145. The Bertz CT molecular complexity index is 527. The molecule has 0 bridgehead atoms. The normalized spacial score (nSPS) is 17.0. The third-order valence-electron chi connectivity index (χ3n) is 3.82. The fourth-order valence-electron chi connectivity index (χ4n) is 2.67. The molecule has 0 saturated heterocycles. The first kappa shape index (κ1) is 15.7. The van der Waals surface area contributed by atoms with Crippen LogP contribution < -0.4 is 10.6 Å². The lowest BCUT2D eigenvalue weighted by Gasteiger charge is -2.33. The molecule has 1 fully saturated rings. The van der Waals surface area contributed by atoms with Gasteiger partial charge >= 0.3 is 12.0 Å². The molecule has 114 valence electrons. The van der Waals surface area contributed by atoms with Gasteiger partial charge in [0.2, 0.25) is 0 Å². The van der Waals surface area contributed by atoms with Gasteiger partial charge in [0.25, 0.3) is 0 Å². The van der Waals surface area contributed by atoms with Gasteiger partial charge in [-0.05, 0) is 31.2 Å². The minimum atomic E-state index is -1.13. The second-order valence-corrected chi connectivity index (χ2v) is 6.08. The van der Waals surface area contributed by atoms with E-state index >= 15 is 0 Å². The van der Waals surface area contributed by atoms with Crippen molar-refractivity contribution in [3.05, 3.63) is 24.3 Å². The van der Waals surface area contributed by atoms with Gasteiger partial charge < -0.3 is 15.7 Å². The van der Waals surface area contributed by atoms with Crippen LogP contribution in [-0.2, 0) is 4.79 Å². The smallest absolute Gasteiger partial charge is 0.329 e. The topological polar surface area (TPSA) is 78.4 Å². The maximum Gasteiger partial charge on any atom is 0.329 e. The van der Waals surface area contributed by atoms with Crippen molar-refractivity contribution in [2.24, 2.45) is 0 Å². The zero-order valence-corrected chi connectivity index (χ0v) is 12.8. The van der Waals surface area contributed by atoms with Crippen LogP contribution in [-0.4, -0.2) is 28.9 Å². The van der Waals surface area contributed by atoms with E-state index in [9.17, 15) is 14.7 Å². The molecule has 1 aliphatic carbocycles. The number of thioether (sulfide) groups is 1. The summed E-state index contributed by atoms with van der Waals surface area (Å²) in [5, 5.41) is 14.9. The number of nitrogens with one attached hydrogen (secondary N) is 2. The highest BCUT2D eigenvalue weighted by molar-refractivity contribution is 7.98. The number of benzene rings is 1. The van der Waals surface area contributed by atoms with Crippen LogP contribution in [0.5, 0.6) is 0 Å². The van der Waals surface area contributed by atoms with Gasteiger partial charge in [0.15, 0.2) is 0 Å². The third-order valence-corrected chi connectivity index (χ3v) is 4.62. The first-order chi connectivity index (χ1) is 10.1. The number of aliphatic carboxylic acids is 1. The van der Waals surface area contributed by atoms with Crippen LogP contribution in [0.4, 0.5) is 10.5 Å². The minimum Gasteiger partial charge on any atom is -0.480 e. The predicted octanol–water partition coefficient (Wildman–Crippen LogP) is 3.32. The van der Waals surface area contributed by atoms with Gasteiger partial charge in [-0.15, -0.1) is 11.8 Å². The largest absolute Gasteiger partial charge is 0.480 e. The Kier molecular flexibility index (Phi) is 5.12. The lowest BCUT2D eigenvalue weighted by Crippen LogP contribution is -2.56. The number of anilines is 1. The third kappa shape index (κ3) is 3.69. The van der Waals surface area contributed by atoms with Crippen molar-refractivity contribution < 1.29 is 14.7 Å². The number of urea groups is 1. The molecule has 6 heteroatoms. The van der Waals surface area contributed by atoms with E-state index in [1.54, 1.807) is 6.07 Å². The Balaban J connectivity index is 2.07. The molecule has 21 heavy (non-hydrogen) atoms. The molecule has 2 amide bonds. The minimum absolute atomic E-state index is 0.458. The Labute approximate surface area is 128 Å². The molecule has 1 saturated carbocycles. The quantitative estimate of drug-likeness (QED) is 0.746. The molecule has 1 aromatic rings. The molecule has 3 N–H and O–H groups in total. The molecular weight excluding hydrogens is 288 g/mol. The van der Waals surface area contributed by atoms with Crippen molar-refractivity contribution in [1.29, 1.82) is 0 Å². The molecule has 0 aliphatic heterocycles. The summed E-state index contributed by atoms with van der Waals surface area (Å²) in [5.41, 5.74) is -0.435. The molecule has 0 unspecified atom stereocenters. The van der Waals surface area contributed by atoms with Gasteiger partial charge in [0, 0.05) is 4.90 Å². The summed E-state index contributed by atoms with van der Waals surface area (Å²) in [4.78, 5) is 24.6. The van der Waals surface area contributed by atoms with Crippen molar-refractivity contribution >= 4 is 29.4 Å². The molecule has 0 radical (unpaired) electrons. The number of carbonyl (C=O) groups is 2. The van der Waals surface area contributed by atoms with E-state index in [1.165, 1.54) is 11.8 Å². The van der Waals surface area contributed by atoms with E-state index in [4.69, 9.17) is 0 Å². The van der Waals surface area contributed by atoms with Crippen LogP contribution in [0.15, 0.2) is 29.2 Å². The number of carboxylic acids is 1. The first-order valence-electron chi connectivity index (χ1n) is 7.03. The van der Waals surface area contributed by atoms with E-state index in [1.807, 2.05) is 24.5 Å². The number of para-hydroxylation sites is 1. The summed E-state index contributed by atoms with van der Waals surface area (Å²) in [7, 11) is 0. The van der Waals surface area contributed by atoms with Crippen LogP contribution in [0.2, 0.25) is 0 Å². The van der Waals surface area contributed by atoms with Gasteiger partial charge in [-0.25, -0.2) is 9.59 Å². The molecule has 0 aromatic heterocycles. The molecule has 0 atom stereocenters. The summed E-state index contributed by atoms with van der Waals surface area (Å²) in [6.07, 6.45) is 5.58. The zero-order valence-electron chi connectivity index (χ0n) is 12.0. The van der Waals surface area contributed by atoms with Gasteiger partial charge in [-0.1, -0.05) is 31.4 Å². The van der Waals surface area contributed by atoms with Crippen molar-refractivity contribution in [3.63, 3.8) is 0 Å². The zero-order chi connectivity index (χ0) is 15.3. The molecular formula is C15H20N2O3S. The van der Waals surface area contributed by atoms with Crippen LogP contribution in [0.1, 0.15) is 32.1 Å². The van der Waals surface area contributed by atoms with Crippen molar-refractivity contribution in [2.75, 3.05) is 11.6 Å². The number of carboxylic acid groups (broad SMARTS) is 1. The molecule has 0 heterocycles. The van der Waals surface area contributed by atoms with Gasteiger partial charge in [0.1, 0.15) is 5.54 Å². The van der Waals surface area contributed by atoms with E-state index < -0.39 is 17.5 Å². The maximum atomic E-state index is 12.2. The van der Waals surface area contributed by atoms with Crippen LogP contribution in [0.3, 0.4) is 0 Å². The van der Waals surface area contributed by atoms with Crippen molar-refractivity contribution in [2.45, 2.75) is 42.5 Å². The number of hydrogen-bond acceptors (Lipinski definition) is 3. The van der Waals surface area contributed by atoms with E-state index in [0.717, 1.165) is 24.2 Å². The lowest BCUT2D eigenvalue weighted by atomic mass is 9.82. The SMILES string of the molecule is CSc1ccccc1NC(=O)NC1(C(=O)O)CCCCC1. The summed E-state index contributed by atoms with van der Waals surface area (Å²) in [6.45, 7) is 0. The molecule has 2 rings (SSSR count). The summed E-state index contributed by atoms with van der Waals surface area (Å²) < 4.78 is 0. The van der Waals surface area contributed by atoms with E-state index in [2.05, 4.69) is 10.6 Å². The Morgan fingerprint density at radius 3 is 2.48 bits per heavy atom. The van der Waals surface area contributed by atoms with Gasteiger partial charge in [-0.3, -0.25) is 0 Å². The highest BCUT2D eigenvalue weighted by Gasteiger charge is 2.41. The number of carbonyl (C=O) groups excluding carboxylic acids is 1. The average Bonchev–Trinajstić information content (AvgIpc) is 2.48. The van der Waals surface area contributed by atoms with E-state index in [0.29, 0.717) is 18.5 Å². The van der Waals surface area contributed by atoms with Gasteiger partial charge in [0.05, 0.1) is 5.69 Å². The van der Waals surface area contributed by atoms with Crippen LogP contribution in [0.25, 0.3) is 0 Å². The fraction of sp³-hybridized carbons (Fsp3) is 0.467. The second-order valence-electron chi connectivity index (χ2n) is 5.23. The molecule has 1 aromatic carbocycles. The number of hydrogen-bond donors (Lipinski definition) is 3. The molecule has 1 aliphatic rings. The van der Waals surface area contributed by atoms with E-state index in [-0.39, 0.29) is 0 Å². The molecule has 5 nitrogen and oxygen atoms in total. The monoisotopic (exact) mass is 308 g/mol. The predicted molar refractivity (Wildman–Crippen MR) is 83.8 cm³/mol. The van der Waals surface area contributed by atoms with Crippen molar-refractivity contribution in [1.82, 2.24) is 5.32 Å². The summed E-state index contributed by atoms with van der Waals surface area (Å²) in [5.74, 6) is -0.949. The number of rotatable bonds is 4. The first-order valence-corrected chi connectivity index (χ1v) is 8.25. The summed E-state index contributed by atoms with van der Waals surface area (Å²) in [6, 6.07) is 6.99. The Morgan fingerprint density at radius 2 is 1.86 bits per heavy atom. The average molecular weight is 308 g/mol. The van der Waals surface area contributed by atoms with Crippen LogP contribution in [0, 0.1) is 0 Å². The molecule has 0 spiro atoms. The van der Waals surface area contributed by atoms with Gasteiger partial charge in [-0.2, -0.15) is 0 Å². The maximum absolute atomic E-state index is 12.2. The Morgan fingerprint density at radius 1 is 1.19 bits per heavy atom. The number of amides is 2. The van der Waals surface area contributed by atoms with Crippen LogP contribution >= 0.6 is 11.8 Å².